The van der Waals surface area contributed by atoms with Gasteiger partial charge in [-0.2, -0.15) is 0 Å². The molecule has 2 rings (SSSR count). The summed E-state index contributed by atoms with van der Waals surface area (Å²) < 4.78 is 27.1. The van der Waals surface area contributed by atoms with E-state index in [1.807, 2.05) is 0 Å². The van der Waals surface area contributed by atoms with Gasteiger partial charge in [0.05, 0.1) is 0 Å². The Balaban J connectivity index is 2.50. The monoisotopic (exact) mass is 253 g/mol. The van der Waals surface area contributed by atoms with Crippen molar-refractivity contribution in [2.75, 3.05) is 0 Å². The zero-order valence-corrected chi connectivity index (χ0v) is 9.64. The molecule has 0 aliphatic rings. The molecule has 0 saturated heterocycles. The summed E-state index contributed by atoms with van der Waals surface area (Å²) in [5.41, 5.74) is 6.55. The van der Waals surface area contributed by atoms with Gasteiger partial charge in [0.2, 0.25) is 0 Å². The van der Waals surface area contributed by atoms with Crippen LogP contribution in [0.1, 0.15) is 5.56 Å². The molecule has 1 nitrogen and oxygen atoms in total. The van der Waals surface area contributed by atoms with Crippen molar-refractivity contribution in [3.63, 3.8) is 0 Å². The summed E-state index contributed by atoms with van der Waals surface area (Å²) in [7, 11) is 0. The maximum absolute atomic E-state index is 13.6. The quantitative estimate of drug-likeness (QED) is 0.867. The average Bonchev–Trinajstić information content (AvgIpc) is 2.29. The number of nitrogens with two attached hydrogens (primary N) is 1. The Morgan fingerprint density at radius 1 is 1.00 bits per heavy atom. The predicted molar refractivity (Wildman–Crippen MR) is 64.7 cm³/mol. The van der Waals surface area contributed by atoms with Crippen LogP contribution in [0, 0.1) is 11.6 Å². The molecular weight excluding hydrogens is 244 g/mol. The van der Waals surface area contributed by atoms with Crippen LogP contribution in [0.15, 0.2) is 36.4 Å². The standard InChI is InChI=1S/C13H10ClF2N/c14-10-3-4-11(13(16)6-10)8-1-2-9(7-17)12(15)5-8/h1-6H,7,17H2. The van der Waals surface area contributed by atoms with E-state index in [0.717, 1.165) is 0 Å². The second-order valence-corrected chi connectivity index (χ2v) is 4.07. The number of benzene rings is 2. The normalized spacial score (nSPS) is 10.6. The Morgan fingerprint density at radius 3 is 2.35 bits per heavy atom. The second-order valence-electron chi connectivity index (χ2n) is 3.63. The van der Waals surface area contributed by atoms with Crippen LogP contribution in [0.5, 0.6) is 0 Å². The van der Waals surface area contributed by atoms with Crippen molar-refractivity contribution >= 4 is 11.6 Å². The minimum atomic E-state index is -0.475. The van der Waals surface area contributed by atoms with Gasteiger partial charge in [-0.25, -0.2) is 8.78 Å². The minimum absolute atomic E-state index is 0.120. The number of halogens is 3. The van der Waals surface area contributed by atoms with Crippen LogP contribution in [-0.4, -0.2) is 0 Å². The molecule has 0 aliphatic heterocycles. The fourth-order valence-electron chi connectivity index (χ4n) is 1.60. The van der Waals surface area contributed by atoms with Crippen molar-refractivity contribution in [1.29, 1.82) is 0 Å². The van der Waals surface area contributed by atoms with Gasteiger partial charge in [0.25, 0.3) is 0 Å². The Kier molecular flexibility index (Phi) is 3.41. The van der Waals surface area contributed by atoms with Gasteiger partial charge in [0.1, 0.15) is 11.6 Å². The highest BCUT2D eigenvalue weighted by Gasteiger charge is 2.08. The van der Waals surface area contributed by atoms with E-state index in [9.17, 15) is 8.78 Å². The van der Waals surface area contributed by atoms with Crippen LogP contribution in [0.3, 0.4) is 0 Å². The van der Waals surface area contributed by atoms with E-state index in [1.165, 1.54) is 18.2 Å². The first-order valence-electron chi connectivity index (χ1n) is 5.05. The van der Waals surface area contributed by atoms with Crippen molar-refractivity contribution in [3.05, 3.63) is 58.6 Å². The summed E-state index contributed by atoms with van der Waals surface area (Å²) in [4.78, 5) is 0. The minimum Gasteiger partial charge on any atom is -0.326 e. The molecule has 0 aliphatic carbocycles. The third-order valence-electron chi connectivity index (χ3n) is 2.52. The Morgan fingerprint density at radius 2 is 1.76 bits per heavy atom. The van der Waals surface area contributed by atoms with Crippen LogP contribution in [0.25, 0.3) is 11.1 Å². The van der Waals surface area contributed by atoms with E-state index < -0.39 is 11.6 Å². The molecule has 88 valence electrons. The maximum Gasteiger partial charge on any atom is 0.132 e. The molecule has 2 N–H and O–H groups in total. The molecule has 0 radical (unpaired) electrons. The maximum atomic E-state index is 13.6. The van der Waals surface area contributed by atoms with E-state index in [0.29, 0.717) is 21.7 Å². The van der Waals surface area contributed by atoms with Gasteiger partial charge in [-0.15, -0.1) is 0 Å². The van der Waals surface area contributed by atoms with E-state index in [1.54, 1.807) is 18.2 Å². The van der Waals surface area contributed by atoms with Crippen LogP contribution in [0.4, 0.5) is 8.78 Å². The Labute approximate surface area is 103 Å². The number of rotatable bonds is 2. The predicted octanol–water partition coefficient (Wildman–Crippen LogP) is 3.74. The first kappa shape index (κ1) is 12.0. The van der Waals surface area contributed by atoms with Crippen LogP contribution in [-0.2, 0) is 6.54 Å². The molecule has 0 saturated carbocycles. The SMILES string of the molecule is NCc1ccc(-c2ccc(Cl)cc2F)cc1F. The fraction of sp³-hybridized carbons (Fsp3) is 0.0769. The lowest BCUT2D eigenvalue weighted by Crippen LogP contribution is -1.99. The van der Waals surface area contributed by atoms with Crippen molar-refractivity contribution in [2.45, 2.75) is 6.54 Å². The largest absolute Gasteiger partial charge is 0.326 e. The van der Waals surface area contributed by atoms with Gasteiger partial charge in [0, 0.05) is 22.7 Å². The third kappa shape index (κ3) is 2.46. The zero-order chi connectivity index (χ0) is 12.4. The fourth-order valence-corrected chi connectivity index (χ4v) is 1.76. The highest BCUT2D eigenvalue weighted by Crippen LogP contribution is 2.26. The molecule has 0 unspecified atom stereocenters. The molecule has 4 heteroatoms. The van der Waals surface area contributed by atoms with Crippen molar-refractivity contribution < 1.29 is 8.78 Å². The molecule has 0 heterocycles. The molecule has 2 aromatic rings. The first-order valence-corrected chi connectivity index (χ1v) is 5.43. The molecule has 0 amide bonds. The molecule has 0 bridgehead atoms. The lowest BCUT2D eigenvalue weighted by Gasteiger charge is -2.06. The van der Waals surface area contributed by atoms with E-state index in [4.69, 9.17) is 17.3 Å². The molecule has 0 fully saturated rings. The zero-order valence-electron chi connectivity index (χ0n) is 8.88. The number of hydrogen-bond acceptors (Lipinski definition) is 1. The van der Waals surface area contributed by atoms with Crippen LogP contribution >= 0.6 is 11.6 Å². The second kappa shape index (κ2) is 4.82. The molecule has 0 atom stereocenters. The molecular formula is C13H10ClF2N. The summed E-state index contributed by atoms with van der Waals surface area (Å²) in [6, 6.07) is 8.75. The lowest BCUT2D eigenvalue weighted by molar-refractivity contribution is 0.610. The summed E-state index contributed by atoms with van der Waals surface area (Å²) in [6.45, 7) is 0.120. The van der Waals surface area contributed by atoms with Gasteiger partial charge in [-0.05, 0) is 29.8 Å². The molecule has 17 heavy (non-hydrogen) atoms. The van der Waals surface area contributed by atoms with E-state index >= 15 is 0 Å². The first-order chi connectivity index (χ1) is 8.11. The smallest absolute Gasteiger partial charge is 0.132 e. The van der Waals surface area contributed by atoms with Gasteiger partial charge in [0.15, 0.2) is 0 Å². The summed E-state index contributed by atoms with van der Waals surface area (Å²) in [5.74, 6) is -0.906. The van der Waals surface area contributed by atoms with Gasteiger partial charge in [-0.3, -0.25) is 0 Å². The molecule has 2 aromatic carbocycles. The topological polar surface area (TPSA) is 26.0 Å². The van der Waals surface area contributed by atoms with Gasteiger partial charge >= 0.3 is 0 Å². The lowest BCUT2D eigenvalue weighted by atomic mass is 10.0. The summed E-state index contributed by atoms with van der Waals surface area (Å²) >= 11 is 5.65. The Hall–Kier alpha value is -1.45. The van der Waals surface area contributed by atoms with Crippen LogP contribution < -0.4 is 5.73 Å². The van der Waals surface area contributed by atoms with Crippen molar-refractivity contribution in [1.82, 2.24) is 0 Å². The summed E-state index contributed by atoms with van der Waals surface area (Å²) in [5, 5.41) is 0.310. The van der Waals surface area contributed by atoms with E-state index in [2.05, 4.69) is 0 Å². The van der Waals surface area contributed by atoms with Crippen molar-refractivity contribution in [3.8, 4) is 11.1 Å². The van der Waals surface area contributed by atoms with E-state index in [-0.39, 0.29) is 6.54 Å². The average molecular weight is 254 g/mol. The number of hydrogen-bond donors (Lipinski definition) is 1. The highest BCUT2D eigenvalue weighted by molar-refractivity contribution is 6.30. The summed E-state index contributed by atoms with van der Waals surface area (Å²) in [6.07, 6.45) is 0. The van der Waals surface area contributed by atoms with Crippen molar-refractivity contribution in [2.24, 2.45) is 5.73 Å². The third-order valence-corrected chi connectivity index (χ3v) is 2.75. The van der Waals surface area contributed by atoms with Gasteiger partial charge in [-0.1, -0.05) is 23.7 Å². The Bertz CT molecular complexity index is 555. The molecule has 0 spiro atoms. The van der Waals surface area contributed by atoms with Gasteiger partial charge < -0.3 is 5.73 Å². The van der Waals surface area contributed by atoms with Crippen LogP contribution in [0.2, 0.25) is 5.02 Å². The highest BCUT2D eigenvalue weighted by atomic mass is 35.5. The molecule has 0 aromatic heterocycles.